The molecule has 4 heavy (non-hydrogen) atoms. The summed E-state index contributed by atoms with van der Waals surface area (Å²) in [5, 5.41) is 0. The van der Waals surface area contributed by atoms with Gasteiger partial charge in [0.1, 0.15) is 0 Å². The van der Waals surface area contributed by atoms with Crippen LogP contribution in [0.5, 0.6) is 0 Å². The Morgan fingerprint density at radius 1 is 1.25 bits per heavy atom. The van der Waals surface area contributed by atoms with Gasteiger partial charge in [0.15, 0.2) is 0 Å². The van der Waals surface area contributed by atoms with Crippen LogP contribution in [0.4, 0.5) is 4.70 Å². The van der Waals surface area contributed by atoms with Crippen LogP contribution in [0.15, 0.2) is 0 Å². The zero-order valence-electron chi connectivity index (χ0n) is 1.13. The summed E-state index contributed by atoms with van der Waals surface area (Å²) in [5.74, 6) is 0. The van der Waals surface area contributed by atoms with Crippen molar-refractivity contribution in [3.8, 4) is 0 Å². The van der Waals surface area contributed by atoms with Crippen molar-refractivity contribution < 1.29 is 24.0 Å². The van der Waals surface area contributed by atoms with Gasteiger partial charge < -0.3 is 0 Å². The molecule has 0 radical (unpaired) electrons. The first-order valence-corrected chi connectivity index (χ1v) is 0.532. The van der Waals surface area contributed by atoms with E-state index in [1.807, 2.05) is 0 Å². The van der Waals surface area contributed by atoms with E-state index in [1.165, 1.54) is 0 Å². The van der Waals surface area contributed by atoms with Crippen molar-refractivity contribution in [2.75, 3.05) is 0 Å². The van der Waals surface area contributed by atoms with Gasteiger partial charge in [-0.2, -0.15) is 0 Å². The van der Waals surface area contributed by atoms with E-state index in [4.69, 9.17) is 3.90 Å². The molecule has 0 N–H and O–H groups in total. The van der Waals surface area contributed by atoms with Gasteiger partial charge in [0.05, 0.1) is 0 Å². The van der Waals surface area contributed by atoms with Crippen LogP contribution in [0.3, 0.4) is 0 Å². The van der Waals surface area contributed by atoms with Crippen molar-refractivity contribution in [2.24, 2.45) is 0 Å². The number of halogens is 1. The molecule has 0 aliphatic rings. The van der Waals surface area contributed by atoms with E-state index in [0.717, 1.165) is 0 Å². The minimum atomic E-state index is 0. The zero-order chi connectivity index (χ0) is 2.00. The summed E-state index contributed by atoms with van der Waals surface area (Å²) in [6, 6.07) is 0. The minimum absolute atomic E-state index is 0. The van der Waals surface area contributed by atoms with E-state index < -0.39 is 0 Å². The predicted molar refractivity (Wildman–Crippen MR) is 11.7 cm³/mol. The molecule has 0 saturated heterocycles. The number of hydrogen-bond donors (Lipinski definition) is 0. The Morgan fingerprint density at radius 3 is 1.25 bits per heavy atom. The fourth-order valence-electron chi connectivity index (χ4n) is 0. The average Bonchev–Trinajstić information content (AvgIpc) is 1.00. The number of rotatable bonds is 0. The molecular formula is H3CaFNiO. The third kappa shape index (κ3) is 9.76. The van der Waals surface area contributed by atoms with Crippen molar-refractivity contribution in [1.82, 2.24) is 0 Å². The first-order valence-electron chi connectivity index (χ1n) is 0.129. The Balaban J connectivity index is -0.00000000500. The summed E-state index contributed by atoms with van der Waals surface area (Å²) in [6.07, 6.45) is 0. The van der Waals surface area contributed by atoms with Gasteiger partial charge in [0.2, 0.25) is 0 Å². The Labute approximate surface area is 61.1 Å². The molecule has 0 fully saturated rings. The van der Waals surface area contributed by atoms with Crippen molar-refractivity contribution in [3.63, 3.8) is 0 Å². The monoisotopic (exact) mass is 136 g/mol. The Bertz CT molecular complexity index is 8.00. The third-order valence-corrected chi connectivity index (χ3v) is 0. The Morgan fingerprint density at radius 2 is 1.25 bits per heavy atom. The Kier molecular flexibility index (Phi) is 110. The molecule has 0 aromatic heterocycles. The topological polar surface area (TPSA) is 17.1 Å². The van der Waals surface area contributed by atoms with Gasteiger partial charge in [-0.25, -0.2) is 0 Å². The molecule has 0 aromatic rings. The van der Waals surface area contributed by atoms with Crippen LogP contribution in [-0.4, -0.2) is 37.7 Å². The molecular weight excluding hydrogens is 134 g/mol. The second-order valence-corrected chi connectivity index (χ2v) is 0. The summed E-state index contributed by atoms with van der Waals surface area (Å²) >= 11 is 2.62. The van der Waals surface area contributed by atoms with Crippen LogP contribution in [-0.2, 0) is 19.3 Å². The molecule has 0 amide bonds. The quantitative estimate of drug-likeness (QED) is 0.396. The van der Waals surface area contributed by atoms with Gasteiger partial charge in [-0.3, -0.25) is 4.70 Å². The van der Waals surface area contributed by atoms with Crippen LogP contribution in [0, 0.1) is 0 Å². The fourth-order valence-corrected chi connectivity index (χ4v) is 0. The van der Waals surface area contributed by atoms with Crippen molar-refractivity contribution >= 4 is 37.7 Å². The van der Waals surface area contributed by atoms with E-state index in [1.54, 1.807) is 0 Å². The normalized spacial score (nSPS) is 1.50. The zero-order valence-corrected chi connectivity index (χ0v) is 2.12. The standard InChI is InChI=1S/Ca.FH.Ni.O.2H/h;1H;;;;. The summed E-state index contributed by atoms with van der Waals surface area (Å²) in [4.78, 5) is 0. The van der Waals surface area contributed by atoms with Crippen molar-refractivity contribution in [3.05, 3.63) is 0 Å². The second-order valence-electron chi connectivity index (χ2n) is 0. The van der Waals surface area contributed by atoms with Gasteiger partial charge >= 0.3 is 57.0 Å². The fraction of sp³-hybridized carbons (Fsp3) is 0. The summed E-state index contributed by atoms with van der Waals surface area (Å²) < 4.78 is 7.88. The first-order chi connectivity index (χ1) is 1.00. The van der Waals surface area contributed by atoms with Crippen LogP contribution in [0.25, 0.3) is 0 Å². The molecule has 0 aliphatic heterocycles. The molecule has 0 rings (SSSR count). The maximum atomic E-state index is 7.88. The molecule has 0 unspecified atom stereocenters. The maximum absolute atomic E-state index is 7.88. The van der Waals surface area contributed by atoms with Crippen molar-refractivity contribution in [1.29, 1.82) is 0 Å². The molecule has 1 nitrogen and oxygen atoms in total. The summed E-state index contributed by atoms with van der Waals surface area (Å²) in [7, 11) is 0. The number of hydrogen-bond acceptors (Lipinski definition) is 1. The molecule has 0 bridgehead atoms. The molecule has 0 atom stereocenters. The molecule has 0 spiro atoms. The van der Waals surface area contributed by atoms with Gasteiger partial charge in [-0.15, -0.1) is 0 Å². The summed E-state index contributed by atoms with van der Waals surface area (Å²) in [5.41, 5.74) is 0. The van der Waals surface area contributed by atoms with Gasteiger partial charge in [0.25, 0.3) is 0 Å². The van der Waals surface area contributed by atoms with Crippen LogP contribution < -0.4 is 0 Å². The molecule has 0 aromatic carbocycles. The molecule has 0 aliphatic carbocycles. The van der Waals surface area contributed by atoms with Gasteiger partial charge in [0, 0.05) is 0 Å². The van der Waals surface area contributed by atoms with Crippen molar-refractivity contribution in [2.45, 2.75) is 0 Å². The molecule has 4 heteroatoms. The summed E-state index contributed by atoms with van der Waals surface area (Å²) in [6.45, 7) is 0. The third-order valence-electron chi connectivity index (χ3n) is 0. The van der Waals surface area contributed by atoms with Crippen LogP contribution in [0.1, 0.15) is 0 Å². The van der Waals surface area contributed by atoms with Gasteiger partial charge in [-0.1, -0.05) is 0 Å². The Hall–Kier alpha value is 1.48. The second kappa shape index (κ2) is 24.7. The van der Waals surface area contributed by atoms with E-state index in [2.05, 4.69) is 15.4 Å². The van der Waals surface area contributed by atoms with E-state index in [-0.39, 0.29) is 42.4 Å². The van der Waals surface area contributed by atoms with E-state index in [9.17, 15) is 0 Å². The molecule has 28 valence electrons. The SMILES string of the molecule is F.[CaH2].[O]=[Ni]. The molecule has 0 saturated carbocycles. The van der Waals surface area contributed by atoms with Crippen LogP contribution >= 0.6 is 0 Å². The van der Waals surface area contributed by atoms with Gasteiger partial charge in [-0.05, 0) is 0 Å². The average molecular weight is 137 g/mol. The first kappa shape index (κ1) is 17.9. The predicted octanol–water partition coefficient (Wildman–Crippen LogP) is -0.885. The molecule has 0 heterocycles. The van der Waals surface area contributed by atoms with E-state index >= 15 is 0 Å². The van der Waals surface area contributed by atoms with Crippen LogP contribution in [0.2, 0.25) is 0 Å². The van der Waals surface area contributed by atoms with E-state index in [0.29, 0.717) is 0 Å².